The van der Waals surface area contributed by atoms with Crippen molar-refractivity contribution in [1.82, 2.24) is 0 Å². The summed E-state index contributed by atoms with van der Waals surface area (Å²) in [7, 11) is -3.10. The molecule has 1 rings (SSSR count). The summed E-state index contributed by atoms with van der Waals surface area (Å²) < 4.78 is 11.4. The first-order valence-corrected chi connectivity index (χ1v) is 6.24. The van der Waals surface area contributed by atoms with Crippen LogP contribution in [0.3, 0.4) is 0 Å². The van der Waals surface area contributed by atoms with Crippen molar-refractivity contribution in [2.45, 2.75) is 24.9 Å². The topological polar surface area (TPSA) is 83.6 Å². The van der Waals surface area contributed by atoms with E-state index in [1.807, 2.05) is 0 Å². The Kier molecular flexibility index (Phi) is 2.94. The Hall–Kier alpha value is 0.110. The molecule has 0 spiro atoms. The Balaban J connectivity index is 2.32. The molecule has 1 aliphatic rings. The van der Waals surface area contributed by atoms with E-state index in [2.05, 4.69) is 0 Å². The highest BCUT2D eigenvalue weighted by atomic mass is 31.2. The molecule has 0 aliphatic heterocycles. The maximum atomic E-state index is 11.4. The van der Waals surface area contributed by atoms with E-state index in [0.29, 0.717) is 25.8 Å². The van der Waals surface area contributed by atoms with Crippen molar-refractivity contribution >= 4 is 7.37 Å². The van der Waals surface area contributed by atoms with Gasteiger partial charge in [-0.15, -0.1) is 0 Å². The third-order valence-corrected chi connectivity index (χ3v) is 4.18. The van der Waals surface area contributed by atoms with Gasteiger partial charge in [0.25, 0.3) is 0 Å². The fourth-order valence-corrected chi connectivity index (χ4v) is 3.25. The summed E-state index contributed by atoms with van der Waals surface area (Å²) in [6.45, 7) is 0.434. The lowest BCUT2D eigenvalue weighted by Gasteiger charge is -2.14. The molecule has 0 radical (unpaired) electrons. The second-order valence-electron chi connectivity index (χ2n) is 3.59. The lowest BCUT2D eigenvalue weighted by molar-refractivity contribution is 0.171. The van der Waals surface area contributed by atoms with Crippen LogP contribution >= 0.6 is 7.37 Å². The van der Waals surface area contributed by atoms with E-state index in [1.54, 1.807) is 0 Å². The van der Waals surface area contributed by atoms with Crippen molar-refractivity contribution in [2.24, 2.45) is 5.73 Å². The van der Waals surface area contributed by atoms with Crippen molar-refractivity contribution in [1.29, 1.82) is 0 Å². The molecule has 1 fully saturated rings. The Labute approximate surface area is 72.2 Å². The molecule has 4 nitrogen and oxygen atoms in total. The van der Waals surface area contributed by atoms with Gasteiger partial charge in [-0.25, -0.2) is 0 Å². The molecule has 4 N–H and O–H groups in total. The highest BCUT2D eigenvalue weighted by Crippen LogP contribution is 2.51. The van der Waals surface area contributed by atoms with Crippen LogP contribution in [0.25, 0.3) is 0 Å². The van der Waals surface area contributed by atoms with Gasteiger partial charge < -0.3 is 15.7 Å². The zero-order valence-corrected chi connectivity index (χ0v) is 7.96. The Morgan fingerprint density at radius 3 is 2.50 bits per heavy atom. The lowest BCUT2D eigenvalue weighted by Crippen LogP contribution is -2.15. The maximum absolute atomic E-state index is 11.4. The zero-order valence-electron chi connectivity index (χ0n) is 7.07. The van der Waals surface area contributed by atoms with E-state index in [1.165, 1.54) is 0 Å². The van der Waals surface area contributed by atoms with E-state index in [9.17, 15) is 14.6 Å². The van der Waals surface area contributed by atoms with Gasteiger partial charge in [0.05, 0.1) is 11.8 Å². The van der Waals surface area contributed by atoms with Gasteiger partial charge in [0.2, 0.25) is 7.37 Å². The van der Waals surface area contributed by atoms with Crippen LogP contribution in [0, 0.1) is 0 Å². The van der Waals surface area contributed by atoms with Gasteiger partial charge in [-0.05, 0) is 25.8 Å². The molecular formula is C7H16NO3P. The van der Waals surface area contributed by atoms with Crippen LogP contribution < -0.4 is 5.73 Å². The van der Waals surface area contributed by atoms with Gasteiger partial charge in [0.15, 0.2) is 0 Å². The molecule has 1 saturated carbocycles. The molecule has 1 atom stereocenters. The lowest BCUT2D eigenvalue weighted by atomic mass is 10.4. The minimum atomic E-state index is -3.10. The van der Waals surface area contributed by atoms with Gasteiger partial charge in [0, 0.05) is 6.16 Å². The van der Waals surface area contributed by atoms with Crippen molar-refractivity contribution in [3.63, 3.8) is 0 Å². The minimum absolute atomic E-state index is 0.0556. The average molecular weight is 193 g/mol. The normalized spacial score (nSPS) is 24.9. The van der Waals surface area contributed by atoms with Crippen molar-refractivity contribution in [2.75, 3.05) is 18.9 Å². The molecule has 0 amide bonds. The first kappa shape index (κ1) is 10.2. The number of hydrogen-bond donors (Lipinski definition) is 3. The van der Waals surface area contributed by atoms with Gasteiger partial charge in [-0.3, -0.25) is 4.57 Å². The van der Waals surface area contributed by atoms with Crippen molar-refractivity contribution in [3.05, 3.63) is 0 Å². The summed E-state index contributed by atoms with van der Waals surface area (Å²) in [5.74, 6) is 0. The summed E-state index contributed by atoms with van der Waals surface area (Å²) in [6, 6.07) is 0. The van der Waals surface area contributed by atoms with Gasteiger partial charge in [-0.1, -0.05) is 0 Å². The minimum Gasteiger partial charge on any atom is -0.389 e. The van der Waals surface area contributed by atoms with Gasteiger partial charge in [-0.2, -0.15) is 0 Å². The smallest absolute Gasteiger partial charge is 0.203 e. The number of rotatable bonds is 5. The first-order chi connectivity index (χ1) is 5.47. The Bertz CT molecular complexity index is 203. The van der Waals surface area contributed by atoms with E-state index < -0.39 is 13.0 Å². The predicted octanol–water partition coefficient (Wildman–Crippen LogP) is 0.130. The van der Waals surface area contributed by atoms with Crippen molar-refractivity contribution in [3.8, 4) is 0 Å². The van der Waals surface area contributed by atoms with Crippen LogP contribution in [0.4, 0.5) is 0 Å². The predicted molar refractivity (Wildman–Crippen MR) is 47.4 cm³/mol. The van der Waals surface area contributed by atoms with Crippen LogP contribution in [0.5, 0.6) is 0 Å². The monoisotopic (exact) mass is 193 g/mol. The molecule has 0 aromatic carbocycles. The van der Waals surface area contributed by atoms with Crippen LogP contribution in [0.1, 0.15) is 19.3 Å². The van der Waals surface area contributed by atoms with E-state index >= 15 is 0 Å². The van der Waals surface area contributed by atoms with Gasteiger partial charge in [0.1, 0.15) is 0 Å². The van der Waals surface area contributed by atoms with Crippen LogP contribution in [0.2, 0.25) is 0 Å². The SMILES string of the molecule is NCCCP(=O)(O)CC1(O)CC1. The number of aliphatic hydroxyl groups is 1. The molecule has 72 valence electrons. The Morgan fingerprint density at radius 1 is 1.50 bits per heavy atom. The molecule has 12 heavy (non-hydrogen) atoms. The average Bonchev–Trinajstić information content (AvgIpc) is 2.62. The number of hydrogen-bond acceptors (Lipinski definition) is 3. The first-order valence-electron chi connectivity index (χ1n) is 4.21. The maximum Gasteiger partial charge on any atom is 0.203 e. The molecule has 1 unspecified atom stereocenters. The van der Waals surface area contributed by atoms with E-state index in [-0.39, 0.29) is 12.3 Å². The summed E-state index contributed by atoms with van der Waals surface area (Å²) in [6.07, 6.45) is 2.19. The van der Waals surface area contributed by atoms with E-state index in [0.717, 1.165) is 0 Å². The fraction of sp³-hybridized carbons (Fsp3) is 1.00. The second kappa shape index (κ2) is 3.46. The fourth-order valence-electron chi connectivity index (χ4n) is 1.18. The highest BCUT2D eigenvalue weighted by Gasteiger charge is 2.45. The molecule has 0 bridgehead atoms. The van der Waals surface area contributed by atoms with E-state index in [4.69, 9.17) is 5.73 Å². The van der Waals surface area contributed by atoms with Crippen LogP contribution in [0.15, 0.2) is 0 Å². The van der Waals surface area contributed by atoms with Crippen molar-refractivity contribution < 1.29 is 14.6 Å². The molecule has 1 aliphatic carbocycles. The molecular weight excluding hydrogens is 177 g/mol. The molecule has 0 aromatic rings. The third-order valence-electron chi connectivity index (χ3n) is 2.08. The van der Waals surface area contributed by atoms with Gasteiger partial charge >= 0.3 is 0 Å². The zero-order chi connectivity index (χ0) is 9.24. The second-order valence-corrected chi connectivity index (χ2v) is 6.05. The number of nitrogens with two attached hydrogens (primary N) is 1. The quantitative estimate of drug-likeness (QED) is 0.542. The summed E-state index contributed by atoms with van der Waals surface area (Å²) in [4.78, 5) is 9.36. The summed E-state index contributed by atoms with van der Waals surface area (Å²) in [5, 5.41) is 9.40. The third kappa shape index (κ3) is 3.23. The largest absolute Gasteiger partial charge is 0.389 e. The summed E-state index contributed by atoms with van der Waals surface area (Å²) in [5.41, 5.74) is 4.40. The highest BCUT2D eigenvalue weighted by molar-refractivity contribution is 7.58. The molecule has 0 saturated heterocycles. The molecule has 0 aromatic heterocycles. The standard InChI is InChI=1S/C7H16NO3P/c8-4-1-5-12(10,11)6-7(9)2-3-7/h9H,1-6,8H2,(H,10,11). The Morgan fingerprint density at radius 2 is 2.08 bits per heavy atom. The molecule has 0 heterocycles. The van der Waals surface area contributed by atoms with Crippen LogP contribution in [-0.2, 0) is 4.57 Å². The summed E-state index contributed by atoms with van der Waals surface area (Å²) >= 11 is 0. The molecule has 5 heteroatoms. The van der Waals surface area contributed by atoms with Crippen LogP contribution in [-0.4, -0.2) is 34.5 Å².